The second kappa shape index (κ2) is 6.26. The molecule has 1 unspecified atom stereocenters. The number of ether oxygens (including phenoxy) is 1. The minimum absolute atomic E-state index is 0.151. The maximum Gasteiger partial charge on any atom is 0.426 e. The Labute approximate surface area is 126 Å². The summed E-state index contributed by atoms with van der Waals surface area (Å²) < 4.78 is 71.9. The molecule has 0 radical (unpaired) electrons. The first-order valence-electron chi connectivity index (χ1n) is 4.97. The molecule has 0 amide bonds. The van der Waals surface area contributed by atoms with Crippen molar-refractivity contribution < 1.29 is 35.7 Å². The molecule has 1 N–H and O–H groups in total. The van der Waals surface area contributed by atoms with Crippen LogP contribution in [0.5, 0.6) is 0 Å². The van der Waals surface area contributed by atoms with Crippen LogP contribution in [0.3, 0.4) is 0 Å². The molecule has 0 bridgehead atoms. The Hall–Kier alpha value is -0.880. The molecule has 0 fully saturated rings. The van der Waals surface area contributed by atoms with Crippen molar-refractivity contribution in [3.05, 3.63) is 33.4 Å². The van der Waals surface area contributed by atoms with Gasteiger partial charge in [-0.1, -0.05) is 6.07 Å². The van der Waals surface area contributed by atoms with E-state index in [9.17, 15) is 26.4 Å². The standard InChI is InChI=1S/C10H8F3IO5S/c11-10(12,13)8(5-20(16,17)18)19-9(15)6-2-1-3-7(14)4-6/h1-4,8H,5H2,(H,16,17,18). The Morgan fingerprint density at radius 2 is 2.00 bits per heavy atom. The summed E-state index contributed by atoms with van der Waals surface area (Å²) in [6.45, 7) is 0. The van der Waals surface area contributed by atoms with Crippen molar-refractivity contribution in [2.45, 2.75) is 12.3 Å². The van der Waals surface area contributed by atoms with Crippen molar-refractivity contribution in [1.29, 1.82) is 0 Å². The van der Waals surface area contributed by atoms with E-state index < -0.39 is 34.1 Å². The van der Waals surface area contributed by atoms with Gasteiger partial charge in [-0.15, -0.1) is 0 Å². The molecule has 1 aromatic carbocycles. The van der Waals surface area contributed by atoms with E-state index in [1.807, 2.05) is 22.6 Å². The Kier molecular flexibility index (Phi) is 5.38. The van der Waals surface area contributed by atoms with Crippen molar-refractivity contribution in [2.24, 2.45) is 0 Å². The number of alkyl halides is 3. The molecule has 0 saturated heterocycles. The predicted octanol–water partition coefficient (Wildman–Crippen LogP) is 2.27. The van der Waals surface area contributed by atoms with Crippen LogP contribution in [0.1, 0.15) is 10.4 Å². The molecular weight excluding hydrogens is 416 g/mol. The van der Waals surface area contributed by atoms with Gasteiger partial charge in [0, 0.05) is 3.57 Å². The van der Waals surface area contributed by atoms with E-state index in [1.54, 1.807) is 6.07 Å². The zero-order chi connectivity index (χ0) is 15.6. The first kappa shape index (κ1) is 17.2. The van der Waals surface area contributed by atoms with E-state index in [-0.39, 0.29) is 5.56 Å². The van der Waals surface area contributed by atoms with Gasteiger partial charge >= 0.3 is 12.1 Å². The number of carbonyl (C=O) groups is 1. The smallest absolute Gasteiger partial charge is 0.426 e. The molecule has 0 aliphatic rings. The summed E-state index contributed by atoms with van der Waals surface area (Å²) in [6, 6.07) is 5.55. The average molecular weight is 424 g/mol. The predicted molar refractivity (Wildman–Crippen MR) is 70.8 cm³/mol. The number of esters is 1. The zero-order valence-electron chi connectivity index (χ0n) is 9.59. The Balaban J connectivity index is 2.93. The maximum absolute atomic E-state index is 12.6. The van der Waals surface area contributed by atoms with Crippen LogP contribution in [0.25, 0.3) is 0 Å². The molecule has 0 heterocycles. The Morgan fingerprint density at radius 3 is 2.45 bits per heavy atom. The lowest BCUT2D eigenvalue weighted by atomic mass is 10.2. The molecule has 20 heavy (non-hydrogen) atoms. The SMILES string of the molecule is O=C(OC(CS(=O)(=O)O)C(F)(F)F)c1cccc(I)c1. The molecular formula is C10H8F3IO5S. The van der Waals surface area contributed by atoms with Gasteiger partial charge in [-0.05, 0) is 40.8 Å². The van der Waals surface area contributed by atoms with Crippen molar-refractivity contribution in [1.82, 2.24) is 0 Å². The Bertz CT molecular complexity index is 599. The average Bonchev–Trinajstić information content (AvgIpc) is 2.25. The van der Waals surface area contributed by atoms with E-state index in [4.69, 9.17) is 4.55 Å². The number of halogens is 4. The quantitative estimate of drug-likeness (QED) is 0.456. The van der Waals surface area contributed by atoms with Crippen LogP contribution in [0.4, 0.5) is 13.2 Å². The molecule has 1 aromatic rings. The molecule has 0 aliphatic heterocycles. The van der Waals surface area contributed by atoms with E-state index >= 15 is 0 Å². The highest BCUT2D eigenvalue weighted by Gasteiger charge is 2.45. The molecule has 10 heteroatoms. The Morgan fingerprint density at radius 1 is 1.40 bits per heavy atom. The third-order valence-corrected chi connectivity index (χ3v) is 3.43. The fraction of sp³-hybridized carbons (Fsp3) is 0.300. The summed E-state index contributed by atoms with van der Waals surface area (Å²) >= 11 is 1.84. The van der Waals surface area contributed by atoms with Gasteiger partial charge in [0.15, 0.2) is 0 Å². The van der Waals surface area contributed by atoms with Gasteiger partial charge < -0.3 is 4.74 Å². The summed E-state index contributed by atoms with van der Waals surface area (Å²) in [5.74, 6) is -3.07. The van der Waals surface area contributed by atoms with Crippen LogP contribution in [0.2, 0.25) is 0 Å². The van der Waals surface area contributed by atoms with Crippen molar-refractivity contribution in [3.63, 3.8) is 0 Å². The fourth-order valence-corrected chi connectivity index (χ4v) is 2.38. The lowest BCUT2D eigenvalue weighted by molar-refractivity contribution is -0.197. The normalized spacial score (nSPS) is 13.8. The lowest BCUT2D eigenvalue weighted by Gasteiger charge is -2.19. The molecule has 1 atom stereocenters. The summed E-state index contributed by atoms with van der Waals surface area (Å²) in [5, 5.41) is 0. The van der Waals surface area contributed by atoms with E-state index in [1.165, 1.54) is 18.2 Å². The van der Waals surface area contributed by atoms with Gasteiger partial charge in [0.25, 0.3) is 10.1 Å². The summed E-state index contributed by atoms with van der Waals surface area (Å²) in [6.07, 6.45) is -8.03. The van der Waals surface area contributed by atoms with Gasteiger partial charge in [0.05, 0.1) is 5.56 Å². The summed E-state index contributed by atoms with van der Waals surface area (Å²) in [7, 11) is -4.94. The highest BCUT2D eigenvalue weighted by atomic mass is 127. The van der Waals surface area contributed by atoms with Crippen molar-refractivity contribution in [2.75, 3.05) is 5.75 Å². The monoisotopic (exact) mass is 424 g/mol. The third-order valence-electron chi connectivity index (χ3n) is 2.04. The highest BCUT2D eigenvalue weighted by Crippen LogP contribution is 2.25. The number of hydrogen-bond acceptors (Lipinski definition) is 4. The summed E-state index contributed by atoms with van der Waals surface area (Å²) in [4.78, 5) is 11.5. The van der Waals surface area contributed by atoms with E-state index in [2.05, 4.69) is 4.74 Å². The van der Waals surface area contributed by atoms with Crippen LogP contribution in [-0.4, -0.2) is 37.0 Å². The van der Waals surface area contributed by atoms with Gasteiger partial charge in [0.2, 0.25) is 6.10 Å². The van der Waals surface area contributed by atoms with Crippen LogP contribution in [-0.2, 0) is 14.9 Å². The minimum atomic E-state index is -5.10. The number of rotatable bonds is 4. The van der Waals surface area contributed by atoms with Gasteiger partial charge in [-0.25, -0.2) is 4.79 Å². The number of hydrogen-bond donors (Lipinski definition) is 1. The van der Waals surface area contributed by atoms with Gasteiger partial charge in [0.1, 0.15) is 5.75 Å². The van der Waals surface area contributed by atoms with Crippen LogP contribution in [0.15, 0.2) is 24.3 Å². The molecule has 0 saturated carbocycles. The summed E-state index contributed by atoms with van der Waals surface area (Å²) in [5.41, 5.74) is -0.151. The molecule has 0 aliphatic carbocycles. The van der Waals surface area contributed by atoms with Crippen molar-refractivity contribution in [3.8, 4) is 0 Å². The molecule has 5 nitrogen and oxygen atoms in total. The minimum Gasteiger partial charge on any atom is -0.448 e. The molecule has 1 rings (SSSR count). The van der Waals surface area contributed by atoms with Gasteiger partial charge in [-0.2, -0.15) is 21.6 Å². The van der Waals surface area contributed by atoms with Crippen molar-refractivity contribution >= 4 is 38.7 Å². The largest absolute Gasteiger partial charge is 0.448 e. The van der Waals surface area contributed by atoms with E-state index in [0.29, 0.717) is 3.57 Å². The number of carbonyl (C=O) groups excluding carboxylic acids is 1. The zero-order valence-corrected chi connectivity index (χ0v) is 12.6. The maximum atomic E-state index is 12.6. The van der Waals surface area contributed by atoms with Crippen LogP contribution in [0, 0.1) is 3.57 Å². The third kappa shape index (κ3) is 5.63. The van der Waals surface area contributed by atoms with Gasteiger partial charge in [-0.3, -0.25) is 4.55 Å². The lowest BCUT2D eigenvalue weighted by Crippen LogP contribution is -2.39. The highest BCUT2D eigenvalue weighted by molar-refractivity contribution is 14.1. The van der Waals surface area contributed by atoms with Crippen LogP contribution < -0.4 is 0 Å². The van der Waals surface area contributed by atoms with E-state index in [0.717, 1.165) is 0 Å². The second-order valence-electron chi connectivity index (χ2n) is 3.69. The first-order chi connectivity index (χ1) is 8.99. The molecule has 0 aromatic heterocycles. The fourth-order valence-electron chi connectivity index (χ4n) is 1.20. The van der Waals surface area contributed by atoms with Crippen LogP contribution >= 0.6 is 22.6 Å². The molecule has 0 spiro atoms. The number of benzene rings is 1. The topological polar surface area (TPSA) is 80.7 Å². The second-order valence-corrected chi connectivity index (χ2v) is 6.44. The molecule has 112 valence electrons. The first-order valence-corrected chi connectivity index (χ1v) is 7.66.